The number of H-pyrrole nitrogens is 1. The number of esters is 1. The Morgan fingerprint density at radius 3 is 2.41 bits per heavy atom. The summed E-state index contributed by atoms with van der Waals surface area (Å²) in [4.78, 5) is 37.2. The third kappa shape index (κ3) is 4.32. The number of hydrogen-bond donors (Lipinski definition) is 3. The summed E-state index contributed by atoms with van der Waals surface area (Å²) in [6.07, 6.45) is -1.63. The Labute approximate surface area is 127 Å². The van der Waals surface area contributed by atoms with Gasteiger partial charge in [0.05, 0.1) is 12.7 Å². The minimum absolute atomic E-state index is 0.127. The Bertz CT molecular complexity index is 576. The van der Waals surface area contributed by atoms with Gasteiger partial charge in [-0.1, -0.05) is 0 Å². The van der Waals surface area contributed by atoms with Gasteiger partial charge >= 0.3 is 12.1 Å². The molecule has 0 aliphatic rings. The van der Waals surface area contributed by atoms with Gasteiger partial charge < -0.3 is 19.6 Å². The highest BCUT2D eigenvalue weighted by molar-refractivity contribution is 5.95. The lowest BCUT2D eigenvalue weighted by Gasteiger charge is -2.06. The first-order valence-corrected chi connectivity index (χ1v) is 6.78. The maximum Gasteiger partial charge on any atom is 0.413 e. The van der Waals surface area contributed by atoms with Gasteiger partial charge in [0.1, 0.15) is 5.69 Å². The van der Waals surface area contributed by atoms with Gasteiger partial charge in [-0.3, -0.25) is 10.1 Å². The normalized spacial score (nSPS) is 11.7. The van der Waals surface area contributed by atoms with Crippen LogP contribution in [0.25, 0.3) is 0 Å². The summed E-state index contributed by atoms with van der Waals surface area (Å²) in [6.45, 7) is 6.09. The number of aromatic amines is 1. The topological polar surface area (TPSA) is 118 Å². The van der Waals surface area contributed by atoms with Crippen LogP contribution in [0.15, 0.2) is 0 Å². The lowest BCUT2D eigenvalue weighted by molar-refractivity contribution is -0.123. The van der Waals surface area contributed by atoms with Gasteiger partial charge in [0.2, 0.25) is 0 Å². The lowest BCUT2D eigenvalue weighted by Crippen LogP contribution is -2.34. The Kier molecular flexibility index (Phi) is 6.11. The van der Waals surface area contributed by atoms with E-state index in [2.05, 4.69) is 9.72 Å². The van der Waals surface area contributed by atoms with Crippen molar-refractivity contribution in [2.24, 2.45) is 0 Å². The Morgan fingerprint density at radius 2 is 1.91 bits per heavy atom. The average Bonchev–Trinajstić information content (AvgIpc) is 2.71. The zero-order valence-electron chi connectivity index (χ0n) is 13.0. The van der Waals surface area contributed by atoms with Crippen molar-refractivity contribution in [1.29, 1.82) is 0 Å². The van der Waals surface area contributed by atoms with Crippen LogP contribution in [0.5, 0.6) is 0 Å². The number of aliphatic hydroxyl groups is 1. The van der Waals surface area contributed by atoms with E-state index >= 15 is 0 Å². The average molecular weight is 312 g/mol. The fourth-order valence-corrected chi connectivity index (χ4v) is 2.12. The second-order valence-electron chi connectivity index (χ2n) is 4.68. The van der Waals surface area contributed by atoms with E-state index in [0.29, 0.717) is 16.8 Å². The number of rotatable bonds is 5. The number of ether oxygens (including phenoxy) is 2. The summed E-state index contributed by atoms with van der Waals surface area (Å²) in [6, 6.07) is 0. The molecule has 0 saturated carbocycles. The summed E-state index contributed by atoms with van der Waals surface area (Å²) >= 11 is 0. The molecule has 122 valence electrons. The van der Waals surface area contributed by atoms with Crippen molar-refractivity contribution in [1.82, 2.24) is 10.3 Å². The summed E-state index contributed by atoms with van der Waals surface area (Å²) in [5, 5.41) is 11.6. The molecule has 1 rings (SSSR count). The van der Waals surface area contributed by atoms with E-state index in [0.717, 1.165) is 0 Å². The fraction of sp³-hybridized carbons (Fsp3) is 0.500. The van der Waals surface area contributed by atoms with Gasteiger partial charge in [-0.25, -0.2) is 9.59 Å². The molecule has 0 aromatic carbocycles. The van der Waals surface area contributed by atoms with E-state index in [4.69, 9.17) is 4.74 Å². The quantitative estimate of drug-likeness (QED) is 0.701. The smallest absolute Gasteiger partial charge is 0.413 e. The van der Waals surface area contributed by atoms with Crippen LogP contribution >= 0.6 is 0 Å². The first-order chi connectivity index (χ1) is 10.3. The van der Waals surface area contributed by atoms with E-state index < -0.39 is 30.7 Å². The van der Waals surface area contributed by atoms with Crippen LogP contribution in [-0.4, -0.2) is 41.3 Å². The zero-order chi connectivity index (χ0) is 16.9. The van der Waals surface area contributed by atoms with Gasteiger partial charge in [-0.05, 0) is 33.3 Å². The number of carbonyl (C=O) groups is 3. The largest absolute Gasteiger partial charge is 0.451 e. The monoisotopic (exact) mass is 312 g/mol. The van der Waals surface area contributed by atoms with E-state index in [1.807, 2.05) is 5.32 Å². The Balaban J connectivity index is 2.65. The summed E-state index contributed by atoms with van der Waals surface area (Å²) < 4.78 is 9.35. The van der Waals surface area contributed by atoms with Gasteiger partial charge in [0.15, 0.2) is 6.61 Å². The molecular weight excluding hydrogens is 292 g/mol. The van der Waals surface area contributed by atoms with Crippen molar-refractivity contribution < 1.29 is 29.0 Å². The molecule has 0 aliphatic heterocycles. The minimum Gasteiger partial charge on any atom is -0.451 e. The number of hydrogen-bond acceptors (Lipinski definition) is 6. The van der Waals surface area contributed by atoms with Gasteiger partial charge in [-0.2, -0.15) is 0 Å². The molecule has 0 radical (unpaired) electrons. The Morgan fingerprint density at radius 1 is 1.27 bits per heavy atom. The molecule has 2 amide bonds. The maximum atomic E-state index is 11.9. The lowest BCUT2D eigenvalue weighted by atomic mass is 10.1. The molecule has 1 atom stereocenters. The molecule has 0 aliphatic carbocycles. The van der Waals surface area contributed by atoms with Gasteiger partial charge in [-0.15, -0.1) is 0 Å². The number of amides is 2. The minimum atomic E-state index is -0.896. The molecule has 0 fully saturated rings. The Hall–Kier alpha value is -2.35. The van der Waals surface area contributed by atoms with Crippen LogP contribution in [0.3, 0.4) is 0 Å². The molecule has 0 saturated heterocycles. The summed E-state index contributed by atoms with van der Waals surface area (Å²) in [5.74, 6) is -1.53. The number of alkyl carbamates (subject to hydrolysis) is 1. The van der Waals surface area contributed by atoms with Crippen LogP contribution in [-0.2, 0) is 14.3 Å². The van der Waals surface area contributed by atoms with E-state index in [1.165, 1.54) is 0 Å². The van der Waals surface area contributed by atoms with Crippen LogP contribution in [0.1, 0.15) is 47.3 Å². The first-order valence-electron chi connectivity index (χ1n) is 6.78. The molecule has 0 bridgehead atoms. The van der Waals surface area contributed by atoms with Crippen molar-refractivity contribution in [3.05, 3.63) is 22.5 Å². The second-order valence-corrected chi connectivity index (χ2v) is 4.68. The van der Waals surface area contributed by atoms with E-state index in [9.17, 15) is 19.5 Å². The molecule has 1 aromatic heterocycles. The SMILES string of the molecule is CCOC(=O)NC(=O)COC(=O)c1[nH]c(C)c([C@@H](C)O)c1C. The van der Waals surface area contributed by atoms with Crippen molar-refractivity contribution in [2.75, 3.05) is 13.2 Å². The van der Waals surface area contributed by atoms with Gasteiger partial charge in [0.25, 0.3) is 5.91 Å². The number of nitrogens with one attached hydrogen (secondary N) is 2. The van der Waals surface area contributed by atoms with Crippen LogP contribution in [0.4, 0.5) is 4.79 Å². The number of aromatic nitrogens is 1. The standard InChI is InChI=1S/C14H20N2O6/c1-5-21-14(20)16-10(18)6-22-13(19)12-7(2)11(9(4)17)8(3)15-12/h9,15,17H,5-6H2,1-4H3,(H,16,18,20)/t9-/m1/s1. The molecule has 8 nitrogen and oxygen atoms in total. The fourth-order valence-electron chi connectivity index (χ4n) is 2.12. The van der Waals surface area contributed by atoms with Crippen molar-refractivity contribution >= 4 is 18.0 Å². The number of aryl methyl sites for hydroxylation is 1. The molecule has 22 heavy (non-hydrogen) atoms. The molecule has 1 aromatic rings. The summed E-state index contributed by atoms with van der Waals surface area (Å²) in [5.41, 5.74) is 1.99. The third-order valence-corrected chi connectivity index (χ3v) is 2.97. The molecule has 0 unspecified atom stereocenters. The third-order valence-electron chi connectivity index (χ3n) is 2.97. The summed E-state index contributed by atoms with van der Waals surface area (Å²) in [7, 11) is 0. The van der Waals surface area contributed by atoms with E-state index in [-0.39, 0.29) is 12.3 Å². The van der Waals surface area contributed by atoms with Crippen molar-refractivity contribution in [2.45, 2.75) is 33.8 Å². The number of imide groups is 1. The van der Waals surface area contributed by atoms with Crippen molar-refractivity contribution in [3.63, 3.8) is 0 Å². The van der Waals surface area contributed by atoms with Crippen LogP contribution in [0, 0.1) is 13.8 Å². The molecular formula is C14H20N2O6. The maximum absolute atomic E-state index is 11.9. The zero-order valence-corrected chi connectivity index (χ0v) is 13.0. The molecule has 0 spiro atoms. The second kappa shape index (κ2) is 7.60. The highest BCUT2D eigenvalue weighted by Crippen LogP contribution is 2.24. The molecule has 8 heteroatoms. The molecule has 1 heterocycles. The predicted octanol–water partition coefficient (Wildman–Crippen LogP) is 1.11. The number of carbonyl (C=O) groups excluding carboxylic acids is 3. The van der Waals surface area contributed by atoms with Crippen molar-refractivity contribution in [3.8, 4) is 0 Å². The predicted molar refractivity (Wildman–Crippen MR) is 76.3 cm³/mol. The molecule has 3 N–H and O–H groups in total. The first kappa shape index (κ1) is 17.7. The van der Waals surface area contributed by atoms with Crippen LogP contribution in [0.2, 0.25) is 0 Å². The number of aliphatic hydroxyl groups excluding tert-OH is 1. The van der Waals surface area contributed by atoms with E-state index in [1.54, 1.807) is 27.7 Å². The highest BCUT2D eigenvalue weighted by atomic mass is 16.6. The van der Waals surface area contributed by atoms with Gasteiger partial charge in [0, 0.05) is 11.3 Å². The highest BCUT2D eigenvalue weighted by Gasteiger charge is 2.21. The van der Waals surface area contributed by atoms with Crippen LogP contribution < -0.4 is 5.32 Å².